The molecule has 0 saturated carbocycles. The van der Waals surface area contributed by atoms with Crippen molar-refractivity contribution in [2.24, 2.45) is 0 Å². The Bertz CT molecular complexity index is 696. The van der Waals surface area contributed by atoms with Gasteiger partial charge in [-0.1, -0.05) is 34.8 Å². The van der Waals surface area contributed by atoms with Crippen LogP contribution in [0.5, 0.6) is 0 Å². The van der Waals surface area contributed by atoms with Gasteiger partial charge in [0.25, 0.3) is 0 Å². The van der Waals surface area contributed by atoms with Gasteiger partial charge in [-0.2, -0.15) is 0 Å². The van der Waals surface area contributed by atoms with E-state index in [9.17, 15) is 0 Å². The molecule has 22 heavy (non-hydrogen) atoms. The van der Waals surface area contributed by atoms with Crippen molar-refractivity contribution in [3.05, 3.63) is 27.6 Å². The van der Waals surface area contributed by atoms with Crippen molar-refractivity contribution in [3.63, 3.8) is 0 Å². The first-order valence-electron chi connectivity index (χ1n) is 6.82. The van der Waals surface area contributed by atoms with Crippen molar-refractivity contribution >= 4 is 74.1 Å². The minimum Gasteiger partial charge on any atom is -0.353 e. The minimum atomic E-state index is -1.63. The number of piperazine rings is 1. The van der Waals surface area contributed by atoms with E-state index >= 15 is 0 Å². The van der Waals surface area contributed by atoms with Crippen LogP contribution in [0.2, 0.25) is 0 Å². The number of halogens is 4. The van der Waals surface area contributed by atoms with Gasteiger partial charge in [-0.05, 0) is 47.8 Å². The van der Waals surface area contributed by atoms with E-state index in [0.29, 0.717) is 0 Å². The molecular weight excluding hydrogens is 457 g/mol. The average molecular weight is 472 g/mol. The number of anilines is 1. The molecular formula is C14H14Cl3IN4. The molecule has 0 aliphatic carbocycles. The Morgan fingerprint density at radius 3 is 2.41 bits per heavy atom. The fourth-order valence-electron chi connectivity index (χ4n) is 2.47. The number of nitrogens with zero attached hydrogens (tertiary/aromatic N) is 4. The van der Waals surface area contributed by atoms with Gasteiger partial charge in [0, 0.05) is 35.1 Å². The quantitative estimate of drug-likeness (QED) is 0.468. The lowest BCUT2D eigenvalue weighted by molar-refractivity contribution is 0.312. The molecule has 0 unspecified atom stereocenters. The molecule has 1 aromatic heterocycles. The van der Waals surface area contributed by atoms with Crippen molar-refractivity contribution in [2.75, 3.05) is 38.1 Å². The van der Waals surface area contributed by atoms with Crippen LogP contribution in [0.25, 0.3) is 10.9 Å². The summed E-state index contributed by atoms with van der Waals surface area (Å²) < 4.78 is -0.496. The van der Waals surface area contributed by atoms with Crippen molar-refractivity contribution in [1.29, 1.82) is 0 Å². The molecule has 0 radical (unpaired) electrons. The molecule has 0 atom stereocenters. The Hall–Kier alpha value is -0.0800. The summed E-state index contributed by atoms with van der Waals surface area (Å²) >= 11 is 20.3. The predicted octanol–water partition coefficient (Wildman–Crippen LogP) is 3.81. The zero-order chi connectivity index (χ0) is 15.9. The summed E-state index contributed by atoms with van der Waals surface area (Å²) in [4.78, 5) is 13.5. The summed E-state index contributed by atoms with van der Waals surface area (Å²) in [7, 11) is 2.12. The van der Waals surface area contributed by atoms with Gasteiger partial charge in [-0.15, -0.1) is 0 Å². The number of rotatable bonds is 1. The number of hydrogen-bond acceptors (Lipinski definition) is 4. The Balaban J connectivity index is 2.14. The third-order valence-corrected chi connectivity index (χ3v) is 4.87. The second-order valence-electron chi connectivity index (χ2n) is 5.32. The van der Waals surface area contributed by atoms with Crippen LogP contribution in [-0.2, 0) is 3.79 Å². The van der Waals surface area contributed by atoms with E-state index < -0.39 is 3.79 Å². The molecule has 1 aliphatic rings. The molecule has 0 amide bonds. The molecule has 3 rings (SSSR count). The summed E-state index contributed by atoms with van der Waals surface area (Å²) in [6, 6.07) is 6.01. The molecule has 0 N–H and O–H groups in total. The van der Waals surface area contributed by atoms with Gasteiger partial charge in [0.2, 0.25) is 3.79 Å². The number of fused-ring (bicyclic) bond motifs is 1. The average Bonchev–Trinajstić information content (AvgIpc) is 2.46. The van der Waals surface area contributed by atoms with Crippen LogP contribution in [0.4, 0.5) is 5.82 Å². The number of benzene rings is 1. The van der Waals surface area contributed by atoms with Crippen LogP contribution in [0.15, 0.2) is 18.2 Å². The van der Waals surface area contributed by atoms with Gasteiger partial charge in [-0.25, -0.2) is 9.97 Å². The van der Waals surface area contributed by atoms with Crippen LogP contribution in [0, 0.1) is 3.57 Å². The van der Waals surface area contributed by atoms with Crippen LogP contribution in [-0.4, -0.2) is 48.1 Å². The van der Waals surface area contributed by atoms with Crippen LogP contribution >= 0.6 is 57.4 Å². The third kappa shape index (κ3) is 3.53. The SMILES string of the molecule is CN1CCN(c2nc(C(Cl)(Cl)Cl)nc3ccc(I)cc23)CC1. The summed E-state index contributed by atoms with van der Waals surface area (Å²) in [5.41, 5.74) is 0.797. The molecule has 1 saturated heterocycles. The summed E-state index contributed by atoms with van der Waals surface area (Å²) in [5.74, 6) is 1.07. The van der Waals surface area contributed by atoms with Crippen molar-refractivity contribution in [2.45, 2.75) is 3.79 Å². The molecule has 118 valence electrons. The highest BCUT2D eigenvalue weighted by Gasteiger charge is 2.29. The molecule has 1 aliphatic heterocycles. The van der Waals surface area contributed by atoms with Gasteiger partial charge < -0.3 is 9.80 Å². The van der Waals surface area contributed by atoms with Gasteiger partial charge in [0.1, 0.15) is 5.82 Å². The normalized spacial score (nSPS) is 17.2. The van der Waals surface area contributed by atoms with Crippen LogP contribution < -0.4 is 4.90 Å². The number of hydrogen-bond donors (Lipinski definition) is 0. The second kappa shape index (κ2) is 6.43. The third-order valence-electron chi connectivity index (χ3n) is 3.69. The molecule has 8 heteroatoms. The van der Waals surface area contributed by atoms with Crippen LogP contribution in [0.3, 0.4) is 0 Å². The Morgan fingerprint density at radius 2 is 1.77 bits per heavy atom. The minimum absolute atomic E-state index is 0.222. The smallest absolute Gasteiger partial charge is 0.250 e. The van der Waals surface area contributed by atoms with Crippen molar-refractivity contribution < 1.29 is 0 Å². The standard InChI is InChI=1S/C14H14Cl3IN4/c1-21-4-6-22(7-5-21)12-10-8-9(18)2-3-11(10)19-13(20-12)14(15,16)17/h2-3,8H,4-7H2,1H3. The topological polar surface area (TPSA) is 32.3 Å². The highest BCUT2D eigenvalue weighted by Crippen LogP contribution is 2.38. The number of likely N-dealkylation sites (N-methyl/N-ethyl adjacent to an activating group) is 1. The lowest BCUT2D eigenvalue weighted by atomic mass is 10.2. The lowest BCUT2D eigenvalue weighted by Crippen LogP contribution is -2.45. The fourth-order valence-corrected chi connectivity index (χ4v) is 3.22. The molecule has 1 fully saturated rings. The van der Waals surface area contributed by atoms with E-state index in [-0.39, 0.29) is 5.82 Å². The number of alkyl halides is 3. The van der Waals surface area contributed by atoms with E-state index in [1.807, 2.05) is 12.1 Å². The zero-order valence-corrected chi connectivity index (χ0v) is 16.3. The highest BCUT2D eigenvalue weighted by molar-refractivity contribution is 14.1. The van der Waals surface area contributed by atoms with Gasteiger partial charge in [0.05, 0.1) is 5.52 Å². The Morgan fingerprint density at radius 1 is 1.09 bits per heavy atom. The molecule has 2 heterocycles. The van der Waals surface area contributed by atoms with E-state index in [0.717, 1.165) is 46.5 Å². The molecule has 0 bridgehead atoms. The summed E-state index contributed by atoms with van der Waals surface area (Å²) in [5, 5.41) is 0.995. The summed E-state index contributed by atoms with van der Waals surface area (Å²) in [6.07, 6.45) is 0. The zero-order valence-electron chi connectivity index (χ0n) is 11.9. The molecule has 0 spiro atoms. The maximum absolute atomic E-state index is 6.00. The molecule has 1 aromatic carbocycles. The van der Waals surface area contributed by atoms with E-state index in [4.69, 9.17) is 34.8 Å². The first-order valence-corrected chi connectivity index (χ1v) is 9.04. The van der Waals surface area contributed by atoms with Gasteiger partial charge in [0.15, 0.2) is 5.82 Å². The van der Waals surface area contributed by atoms with Crippen molar-refractivity contribution in [3.8, 4) is 0 Å². The highest BCUT2D eigenvalue weighted by atomic mass is 127. The lowest BCUT2D eigenvalue weighted by Gasteiger charge is -2.34. The monoisotopic (exact) mass is 470 g/mol. The molecule has 4 nitrogen and oxygen atoms in total. The van der Waals surface area contributed by atoms with E-state index in [1.165, 1.54) is 0 Å². The first-order chi connectivity index (χ1) is 10.3. The number of aromatic nitrogens is 2. The van der Waals surface area contributed by atoms with Gasteiger partial charge in [-0.3, -0.25) is 0 Å². The maximum Gasteiger partial charge on any atom is 0.250 e. The Kier molecular flexibility index (Phi) is 4.90. The van der Waals surface area contributed by atoms with Crippen LogP contribution in [0.1, 0.15) is 5.82 Å². The van der Waals surface area contributed by atoms with Crippen molar-refractivity contribution in [1.82, 2.24) is 14.9 Å². The fraction of sp³-hybridized carbons (Fsp3) is 0.429. The largest absolute Gasteiger partial charge is 0.353 e. The molecule has 2 aromatic rings. The predicted molar refractivity (Wildman–Crippen MR) is 101 cm³/mol. The first kappa shape index (κ1) is 16.8. The van der Waals surface area contributed by atoms with E-state index in [1.54, 1.807) is 0 Å². The summed E-state index contributed by atoms with van der Waals surface area (Å²) in [6.45, 7) is 3.76. The second-order valence-corrected chi connectivity index (χ2v) is 8.85. The Labute approximate surface area is 157 Å². The maximum atomic E-state index is 6.00. The van der Waals surface area contributed by atoms with Gasteiger partial charge >= 0.3 is 0 Å². The van der Waals surface area contributed by atoms with E-state index in [2.05, 4.69) is 55.5 Å².